The first-order valence-corrected chi connectivity index (χ1v) is 11.9. The number of H-pyrrole nitrogens is 1. The van der Waals surface area contributed by atoms with Gasteiger partial charge in [0.05, 0.1) is 37.4 Å². The van der Waals surface area contributed by atoms with Crippen molar-refractivity contribution < 1.29 is 17.9 Å². The summed E-state index contributed by atoms with van der Waals surface area (Å²) < 4.78 is 37.6. The largest absolute Gasteiger partial charge is 0.493 e. The van der Waals surface area contributed by atoms with Crippen molar-refractivity contribution in [2.24, 2.45) is 0 Å². The van der Waals surface area contributed by atoms with Crippen molar-refractivity contribution >= 4 is 20.9 Å². The lowest BCUT2D eigenvalue weighted by Crippen LogP contribution is -2.48. The molecule has 0 saturated carbocycles. The highest BCUT2D eigenvalue weighted by Gasteiger charge is 2.27. The molecule has 1 fully saturated rings. The van der Waals surface area contributed by atoms with E-state index in [4.69, 9.17) is 9.47 Å². The monoisotopic (exact) mass is 458 g/mol. The highest BCUT2D eigenvalue weighted by atomic mass is 32.2. The topological polar surface area (TPSA) is 105 Å². The zero-order valence-corrected chi connectivity index (χ0v) is 18.9. The molecule has 1 aliphatic rings. The smallest absolute Gasteiger partial charge is 0.258 e. The van der Waals surface area contributed by atoms with Gasteiger partial charge in [0, 0.05) is 32.2 Å². The summed E-state index contributed by atoms with van der Waals surface area (Å²) in [7, 11) is -0.331. The van der Waals surface area contributed by atoms with Crippen LogP contribution in [0.4, 0.5) is 0 Å². The van der Waals surface area contributed by atoms with Crippen molar-refractivity contribution in [3.63, 3.8) is 0 Å². The predicted octanol–water partition coefficient (Wildman–Crippen LogP) is 1.59. The van der Waals surface area contributed by atoms with E-state index in [1.54, 1.807) is 12.1 Å². The van der Waals surface area contributed by atoms with Crippen LogP contribution < -0.4 is 15.0 Å². The first kappa shape index (κ1) is 22.3. The molecule has 1 saturated heterocycles. The van der Waals surface area contributed by atoms with Gasteiger partial charge in [-0.2, -0.15) is 4.31 Å². The molecule has 2 heterocycles. The fourth-order valence-electron chi connectivity index (χ4n) is 3.84. The summed E-state index contributed by atoms with van der Waals surface area (Å²) in [6.45, 7) is 2.34. The van der Waals surface area contributed by atoms with Crippen LogP contribution in [0.25, 0.3) is 10.9 Å². The molecule has 0 spiro atoms. The molecule has 9 nitrogen and oxygen atoms in total. The molecule has 10 heteroatoms. The van der Waals surface area contributed by atoms with Gasteiger partial charge in [0.2, 0.25) is 10.0 Å². The van der Waals surface area contributed by atoms with Crippen LogP contribution >= 0.6 is 0 Å². The van der Waals surface area contributed by atoms with Crippen LogP contribution in [-0.2, 0) is 22.3 Å². The molecular weight excluding hydrogens is 432 g/mol. The summed E-state index contributed by atoms with van der Waals surface area (Å²) in [6, 6.07) is 12.5. The quantitative estimate of drug-likeness (QED) is 0.573. The Morgan fingerprint density at radius 1 is 1.00 bits per heavy atom. The molecule has 0 unspecified atom stereocenters. The van der Waals surface area contributed by atoms with E-state index in [0.717, 1.165) is 5.56 Å². The maximum absolute atomic E-state index is 12.7. The van der Waals surface area contributed by atoms with Gasteiger partial charge >= 0.3 is 0 Å². The zero-order valence-electron chi connectivity index (χ0n) is 18.1. The van der Waals surface area contributed by atoms with Gasteiger partial charge in [-0.05, 0) is 11.6 Å². The second kappa shape index (κ2) is 9.27. The van der Waals surface area contributed by atoms with E-state index in [-0.39, 0.29) is 11.3 Å². The third kappa shape index (κ3) is 4.77. The molecule has 0 amide bonds. The van der Waals surface area contributed by atoms with Crippen molar-refractivity contribution in [1.29, 1.82) is 0 Å². The number of hydrogen-bond acceptors (Lipinski definition) is 7. The Morgan fingerprint density at radius 2 is 1.66 bits per heavy atom. The van der Waals surface area contributed by atoms with Crippen molar-refractivity contribution in [3.05, 3.63) is 64.2 Å². The first-order valence-electron chi connectivity index (χ1n) is 10.3. The van der Waals surface area contributed by atoms with Crippen LogP contribution in [0, 0.1) is 0 Å². The number of ether oxygens (including phenoxy) is 2. The molecule has 1 N–H and O–H groups in total. The third-order valence-corrected chi connectivity index (χ3v) is 7.40. The summed E-state index contributed by atoms with van der Waals surface area (Å²) >= 11 is 0. The van der Waals surface area contributed by atoms with Crippen molar-refractivity contribution in [1.82, 2.24) is 19.2 Å². The van der Waals surface area contributed by atoms with E-state index in [0.29, 0.717) is 61.0 Å². The Balaban J connectivity index is 1.44. The Morgan fingerprint density at radius 3 is 2.31 bits per heavy atom. The second-order valence-corrected chi connectivity index (χ2v) is 9.62. The van der Waals surface area contributed by atoms with Crippen LogP contribution in [0.15, 0.2) is 47.3 Å². The van der Waals surface area contributed by atoms with Gasteiger partial charge in [-0.25, -0.2) is 13.4 Å². The van der Waals surface area contributed by atoms with Crippen LogP contribution in [0.1, 0.15) is 11.4 Å². The van der Waals surface area contributed by atoms with Gasteiger partial charge in [-0.1, -0.05) is 30.3 Å². The number of benzene rings is 2. The Kier molecular flexibility index (Phi) is 6.45. The minimum Gasteiger partial charge on any atom is -0.493 e. The standard InChI is InChI=1S/C22H26N4O5S/c1-30-19-12-17-18(13-20(19)31-2)23-21(24-22(17)27)14-25-8-10-26(11-9-25)32(28,29)15-16-6-4-3-5-7-16/h3-7,12-13H,8-11,14-15H2,1-2H3,(H,23,24,27). The van der Waals surface area contributed by atoms with Gasteiger partial charge < -0.3 is 14.5 Å². The Labute approximate surface area is 186 Å². The highest BCUT2D eigenvalue weighted by Crippen LogP contribution is 2.30. The predicted molar refractivity (Wildman–Crippen MR) is 121 cm³/mol. The van der Waals surface area contributed by atoms with Gasteiger partial charge in [0.15, 0.2) is 11.5 Å². The van der Waals surface area contributed by atoms with Gasteiger partial charge in [-0.15, -0.1) is 0 Å². The van der Waals surface area contributed by atoms with Crippen molar-refractivity contribution in [3.8, 4) is 11.5 Å². The summed E-state index contributed by atoms with van der Waals surface area (Å²) in [6.07, 6.45) is 0. The van der Waals surface area contributed by atoms with Crippen molar-refractivity contribution in [2.75, 3.05) is 40.4 Å². The van der Waals surface area contributed by atoms with E-state index in [9.17, 15) is 13.2 Å². The van der Waals surface area contributed by atoms with Crippen LogP contribution in [0.5, 0.6) is 11.5 Å². The zero-order chi connectivity index (χ0) is 22.7. The molecule has 4 rings (SSSR count). The maximum atomic E-state index is 12.7. The number of rotatable bonds is 7. The lowest BCUT2D eigenvalue weighted by atomic mass is 10.2. The van der Waals surface area contributed by atoms with E-state index in [1.807, 2.05) is 30.3 Å². The Hall–Kier alpha value is -2.95. The number of hydrogen-bond donors (Lipinski definition) is 1. The highest BCUT2D eigenvalue weighted by molar-refractivity contribution is 7.88. The van der Waals surface area contributed by atoms with Crippen LogP contribution in [-0.4, -0.2) is 68.0 Å². The van der Waals surface area contributed by atoms with E-state index in [2.05, 4.69) is 14.9 Å². The molecule has 1 aliphatic heterocycles. The van der Waals surface area contributed by atoms with Gasteiger partial charge in [0.25, 0.3) is 5.56 Å². The third-order valence-electron chi connectivity index (χ3n) is 5.55. The lowest BCUT2D eigenvalue weighted by Gasteiger charge is -2.33. The first-order chi connectivity index (χ1) is 15.4. The maximum Gasteiger partial charge on any atom is 0.258 e. The second-order valence-electron chi connectivity index (χ2n) is 7.65. The molecule has 0 aliphatic carbocycles. The van der Waals surface area contributed by atoms with Gasteiger partial charge in [-0.3, -0.25) is 9.69 Å². The molecule has 32 heavy (non-hydrogen) atoms. The number of aromatic amines is 1. The minimum atomic E-state index is -3.38. The average Bonchev–Trinajstić information content (AvgIpc) is 2.79. The number of nitrogens with one attached hydrogen (secondary N) is 1. The van der Waals surface area contributed by atoms with Crippen molar-refractivity contribution in [2.45, 2.75) is 12.3 Å². The molecule has 170 valence electrons. The number of fused-ring (bicyclic) bond motifs is 1. The fraction of sp³-hybridized carbons (Fsp3) is 0.364. The Bertz CT molecular complexity index is 1250. The minimum absolute atomic E-state index is 0.00130. The number of sulfonamides is 1. The van der Waals surface area contributed by atoms with Crippen LogP contribution in [0.2, 0.25) is 0 Å². The summed E-state index contributed by atoms with van der Waals surface area (Å²) in [5.41, 5.74) is 1.04. The van der Waals surface area contributed by atoms with Crippen LogP contribution in [0.3, 0.4) is 0 Å². The molecule has 2 aromatic carbocycles. The number of methoxy groups -OCH3 is 2. The average molecular weight is 459 g/mol. The van der Waals surface area contributed by atoms with E-state index in [1.165, 1.54) is 18.5 Å². The summed E-state index contributed by atoms with van der Waals surface area (Å²) in [5, 5.41) is 0.420. The molecule has 1 aromatic heterocycles. The number of nitrogens with zero attached hydrogens (tertiary/aromatic N) is 3. The molecule has 0 bridgehead atoms. The number of piperazine rings is 1. The van der Waals surface area contributed by atoms with Gasteiger partial charge in [0.1, 0.15) is 5.82 Å². The summed E-state index contributed by atoms with van der Waals surface area (Å²) in [4.78, 5) is 22.0. The van der Waals surface area contributed by atoms with E-state index < -0.39 is 10.0 Å². The normalized spacial score (nSPS) is 15.7. The molecule has 0 atom stereocenters. The van der Waals surface area contributed by atoms with E-state index >= 15 is 0 Å². The number of aromatic nitrogens is 2. The SMILES string of the molecule is COc1cc2nc(CN3CCN(S(=O)(=O)Cc4ccccc4)CC3)[nH]c(=O)c2cc1OC. The fourth-order valence-corrected chi connectivity index (χ4v) is 5.36. The molecule has 3 aromatic rings. The molecular formula is C22H26N4O5S. The lowest BCUT2D eigenvalue weighted by molar-refractivity contribution is 0.178. The molecule has 0 radical (unpaired) electrons. The summed E-state index contributed by atoms with van der Waals surface area (Å²) in [5.74, 6) is 1.49.